The van der Waals surface area contributed by atoms with Crippen LogP contribution >= 0.6 is 0 Å². The van der Waals surface area contributed by atoms with Crippen LogP contribution in [0.3, 0.4) is 0 Å². The van der Waals surface area contributed by atoms with Gasteiger partial charge in [-0.25, -0.2) is 0 Å². The van der Waals surface area contributed by atoms with E-state index in [0.29, 0.717) is 6.04 Å². The lowest BCUT2D eigenvalue weighted by molar-refractivity contribution is 0.226. The van der Waals surface area contributed by atoms with Crippen molar-refractivity contribution in [1.82, 2.24) is 5.32 Å². The van der Waals surface area contributed by atoms with Crippen LogP contribution in [-0.4, -0.2) is 19.2 Å². The minimum Gasteiger partial charge on any atom is -0.492 e. The highest BCUT2D eigenvalue weighted by Gasteiger charge is 2.22. The maximum Gasteiger partial charge on any atom is 0.119 e. The average Bonchev–Trinajstić information content (AvgIpc) is 2.23. The van der Waals surface area contributed by atoms with Crippen molar-refractivity contribution in [3.63, 3.8) is 0 Å². The van der Waals surface area contributed by atoms with Crippen LogP contribution < -0.4 is 10.1 Å². The van der Waals surface area contributed by atoms with Gasteiger partial charge < -0.3 is 10.1 Å². The van der Waals surface area contributed by atoms with Crippen LogP contribution in [0.5, 0.6) is 5.75 Å². The van der Waals surface area contributed by atoms with Gasteiger partial charge in [-0.1, -0.05) is 24.6 Å². The van der Waals surface area contributed by atoms with E-state index in [1.165, 1.54) is 19.3 Å². The van der Waals surface area contributed by atoms with Gasteiger partial charge in [-0.05, 0) is 37.8 Å². The molecule has 1 aliphatic carbocycles. The predicted molar refractivity (Wildman–Crippen MR) is 66.7 cm³/mol. The summed E-state index contributed by atoms with van der Waals surface area (Å²) < 4.78 is 5.63. The molecule has 0 aliphatic heterocycles. The normalized spacial score (nSPS) is 17.8. The van der Waals surface area contributed by atoms with Gasteiger partial charge in [-0.15, -0.1) is 0 Å². The van der Waals surface area contributed by atoms with Crippen molar-refractivity contribution >= 4 is 0 Å². The lowest BCUT2D eigenvalue weighted by Gasteiger charge is -2.32. The highest BCUT2D eigenvalue weighted by atomic mass is 16.5. The van der Waals surface area contributed by atoms with Crippen molar-refractivity contribution in [1.29, 1.82) is 0 Å². The molecule has 1 fully saturated rings. The van der Waals surface area contributed by atoms with E-state index < -0.39 is 0 Å². The van der Waals surface area contributed by atoms with E-state index in [1.54, 1.807) is 0 Å². The Morgan fingerprint density at radius 3 is 2.69 bits per heavy atom. The standard InChI is InChI=1S/C14H21NO/c1-12(13-6-5-7-13)15-10-11-16-14-8-3-2-4-9-14/h2-4,8-9,12-13,15H,5-7,10-11H2,1H3. The van der Waals surface area contributed by atoms with Crippen molar-refractivity contribution in [2.24, 2.45) is 5.92 Å². The van der Waals surface area contributed by atoms with E-state index in [4.69, 9.17) is 4.74 Å². The Kier molecular flexibility index (Phi) is 4.23. The van der Waals surface area contributed by atoms with E-state index in [2.05, 4.69) is 12.2 Å². The van der Waals surface area contributed by atoms with E-state index in [0.717, 1.165) is 24.8 Å². The van der Waals surface area contributed by atoms with Crippen molar-refractivity contribution in [2.75, 3.05) is 13.2 Å². The molecule has 1 N–H and O–H groups in total. The summed E-state index contributed by atoms with van der Waals surface area (Å²) in [4.78, 5) is 0. The molecule has 0 aromatic heterocycles. The predicted octanol–water partition coefficient (Wildman–Crippen LogP) is 2.84. The molecular formula is C14H21NO. The zero-order valence-electron chi connectivity index (χ0n) is 9.99. The molecule has 0 saturated heterocycles. The average molecular weight is 219 g/mol. The molecule has 2 rings (SSSR count). The zero-order chi connectivity index (χ0) is 11.2. The van der Waals surface area contributed by atoms with Crippen LogP contribution in [0, 0.1) is 5.92 Å². The molecule has 88 valence electrons. The van der Waals surface area contributed by atoms with Crippen molar-refractivity contribution in [3.05, 3.63) is 30.3 Å². The van der Waals surface area contributed by atoms with Crippen LogP contribution in [0.1, 0.15) is 26.2 Å². The van der Waals surface area contributed by atoms with Gasteiger partial charge in [0, 0.05) is 12.6 Å². The van der Waals surface area contributed by atoms with Gasteiger partial charge in [0.2, 0.25) is 0 Å². The fourth-order valence-corrected chi connectivity index (χ4v) is 2.08. The second-order valence-corrected chi connectivity index (χ2v) is 4.60. The molecule has 0 heterocycles. The molecule has 0 spiro atoms. The maximum atomic E-state index is 5.63. The number of nitrogens with one attached hydrogen (secondary N) is 1. The van der Waals surface area contributed by atoms with E-state index in [1.807, 2.05) is 30.3 Å². The molecule has 2 nitrogen and oxygen atoms in total. The van der Waals surface area contributed by atoms with Crippen LogP contribution in [0.15, 0.2) is 30.3 Å². The zero-order valence-corrected chi connectivity index (χ0v) is 9.99. The lowest BCUT2D eigenvalue weighted by atomic mass is 9.80. The minimum atomic E-state index is 0.646. The van der Waals surface area contributed by atoms with Gasteiger partial charge in [0.25, 0.3) is 0 Å². The minimum absolute atomic E-state index is 0.646. The Hall–Kier alpha value is -1.02. The van der Waals surface area contributed by atoms with E-state index >= 15 is 0 Å². The molecule has 0 bridgehead atoms. The van der Waals surface area contributed by atoms with Gasteiger partial charge in [0.05, 0.1) is 0 Å². The third-order valence-corrected chi connectivity index (χ3v) is 3.44. The summed E-state index contributed by atoms with van der Waals surface area (Å²) >= 11 is 0. The smallest absolute Gasteiger partial charge is 0.119 e. The molecule has 0 amide bonds. The molecule has 1 unspecified atom stereocenters. The van der Waals surface area contributed by atoms with Gasteiger partial charge in [0.1, 0.15) is 12.4 Å². The van der Waals surface area contributed by atoms with Crippen LogP contribution in [-0.2, 0) is 0 Å². The van der Waals surface area contributed by atoms with Gasteiger partial charge >= 0.3 is 0 Å². The summed E-state index contributed by atoms with van der Waals surface area (Å²) in [6.45, 7) is 3.97. The van der Waals surface area contributed by atoms with E-state index in [-0.39, 0.29) is 0 Å². The Balaban J connectivity index is 1.58. The Morgan fingerprint density at radius 2 is 2.06 bits per heavy atom. The first-order valence-electron chi connectivity index (χ1n) is 6.27. The molecule has 16 heavy (non-hydrogen) atoms. The Morgan fingerprint density at radius 1 is 1.31 bits per heavy atom. The second kappa shape index (κ2) is 5.90. The number of benzene rings is 1. The first kappa shape index (κ1) is 11.5. The lowest BCUT2D eigenvalue weighted by Crippen LogP contribution is -2.39. The quantitative estimate of drug-likeness (QED) is 0.743. The fraction of sp³-hybridized carbons (Fsp3) is 0.571. The number of hydrogen-bond acceptors (Lipinski definition) is 2. The molecule has 0 radical (unpaired) electrons. The number of rotatable bonds is 6. The highest BCUT2D eigenvalue weighted by Crippen LogP contribution is 2.29. The third kappa shape index (κ3) is 3.24. The van der Waals surface area contributed by atoms with E-state index in [9.17, 15) is 0 Å². The molecule has 1 saturated carbocycles. The summed E-state index contributed by atoms with van der Waals surface area (Å²) in [6, 6.07) is 10.6. The summed E-state index contributed by atoms with van der Waals surface area (Å²) in [6.07, 6.45) is 4.21. The van der Waals surface area contributed by atoms with Crippen molar-refractivity contribution < 1.29 is 4.74 Å². The number of ether oxygens (including phenoxy) is 1. The second-order valence-electron chi connectivity index (χ2n) is 4.60. The maximum absolute atomic E-state index is 5.63. The molecule has 1 aliphatic rings. The third-order valence-electron chi connectivity index (χ3n) is 3.44. The Labute approximate surface area is 98.0 Å². The summed E-state index contributed by atoms with van der Waals surface area (Å²) in [7, 11) is 0. The van der Waals surface area contributed by atoms with Crippen molar-refractivity contribution in [2.45, 2.75) is 32.2 Å². The van der Waals surface area contributed by atoms with Crippen LogP contribution in [0.4, 0.5) is 0 Å². The highest BCUT2D eigenvalue weighted by molar-refractivity contribution is 5.20. The SMILES string of the molecule is CC(NCCOc1ccccc1)C1CCC1. The van der Waals surface area contributed by atoms with Gasteiger partial charge in [0.15, 0.2) is 0 Å². The molecule has 1 atom stereocenters. The molecule has 1 aromatic rings. The summed E-state index contributed by atoms with van der Waals surface area (Å²) in [5.74, 6) is 1.86. The van der Waals surface area contributed by atoms with Gasteiger partial charge in [-0.3, -0.25) is 0 Å². The molecular weight excluding hydrogens is 198 g/mol. The summed E-state index contributed by atoms with van der Waals surface area (Å²) in [5.41, 5.74) is 0. The summed E-state index contributed by atoms with van der Waals surface area (Å²) in [5, 5.41) is 3.53. The largest absolute Gasteiger partial charge is 0.492 e. The first-order chi connectivity index (χ1) is 7.86. The Bertz CT molecular complexity index is 295. The van der Waals surface area contributed by atoms with Gasteiger partial charge in [-0.2, -0.15) is 0 Å². The first-order valence-corrected chi connectivity index (χ1v) is 6.27. The van der Waals surface area contributed by atoms with Crippen LogP contribution in [0.2, 0.25) is 0 Å². The fourth-order valence-electron chi connectivity index (χ4n) is 2.08. The molecule has 1 aromatic carbocycles. The van der Waals surface area contributed by atoms with Crippen molar-refractivity contribution in [3.8, 4) is 5.75 Å². The topological polar surface area (TPSA) is 21.3 Å². The molecule has 2 heteroatoms. The number of para-hydroxylation sites is 1. The monoisotopic (exact) mass is 219 g/mol. The van der Waals surface area contributed by atoms with Crippen LogP contribution in [0.25, 0.3) is 0 Å². The number of hydrogen-bond donors (Lipinski definition) is 1.